The lowest BCUT2D eigenvalue weighted by Crippen LogP contribution is -2.26. The maximum atomic E-state index is 8.73. The predicted octanol–water partition coefficient (Wildman–Crippen LogP) is 3.20. The van der Waals surface area contributed by atoms with Crippen molar-refractivity contribution in [2.24, 2.45) is 0 Å². The van der Waals surface area contributed by atoms with Crippen LogP contribution in [-0.4, -0.2) is 40.2 Å². The molecular formula is C16H23NOS2. The molecule has 0 aromatic carbocycles. The number of thioether (sulfide) groups is 1. The van der Waals surface area contributed by atoms with Gasteiger partial charge in [-0.25, -0.2) is 0 Å². The number of aliphatic hydroxyl groups is 1. The van der Waals surface area contributed by atoms with E-state index in [1.165, 1.54) is 30.1 Å². The average Bonchev–Trinajstić information content (AvgIpc) is 2.76. The van der Waals surface area contributed by atoms with Gasteiger partial charge in [0.2, 0.25) is 0 Å². The topological polar surface area (TPSA) is 23.5 Å². The van der Waals surface area contributed by atoms with Gasteiger partial charge in [0.15, 0.2) is 0 Å². The van der Waals surface area contributed by atoms with Crippen LogP contribution >= 0.6 is 23.1 Å². The van der Waals surface area contributed by atoms with E-state index in [-0.39, 0.29) is 6.61 Å². The van der Waals surface area contributed by atoms with Crippen molar-refractivity contribution in [1.82, 2.24) is 4.90 Å². The van der Waals surface area contributed by atoms with E-state index in [0.717, 1.165) is 12.1 Å². The molecule has 4 heteroatoms. The second-order valence-electron chi connectivity index (χ2n) is 5.71. The van der Waals surface area contributed by atoms with Gasteiger partial charge in [-0.15, -0.1) is 11.3 Å². The second-order valence-corrected chi connectivity index (χ2v) is 8.51. The minimum atomic E-state index is 0.144. The summed E-state index contributed by atoms with van der Waals surface area (Å²) in [5, 5.41) is 10.8. The number of hydrogen-bond donors (Lipinski definition) is 1. The summed E-state index contributed by atoms with van der Waals surface area (Å²) in [6.07, 6.45) is 1.82. The Balaban J connectivity index is 1.89. The molecule has 2 rings (SSSR count). The Bertz CT molecular complexity index is 484. The van der Waals surface area contributed by atoms with E-state index in [9.17, 15) is 0 Å². The van der Waals surface area contributed by atoms with Crippen LogP contribution in [0.15, 0.2) is 11.4 Å². The summed E-state index contributed by atoms with van der Waals surface area (Å²) in [5.74, 6) is 7.31. The first-order valence-electron chi connectivity index (χ1n) is 7.12. The maximum absolute atomic E-state index is 8.73. The van der Waals surface area contributed by atoms with Gasteiger partial charge in [0.1, 0.15) is 0 Å². The van der Waals surface area contributed by atoms with Gasteiger partial charge in [-0.05, 0) is 19.0 Å². The molecule has 1 aromatic rings. The molecule has 1 aliphatic heterocycles. The highest BCUT2D eigenvalue weighted by Crippen LogP contribution is 2.31. The molecule has 2 heterocycles. The molecule has 110 valence electrons. The van der Waals surface area contributed by atoms with Crippen molar-refractivity contribution in [3.63, 3.8) is 0 Å². The van der Waals surface area contributed by atoms with Crippen LogP contribution in [0.25, 0.3) is 0 Å². The molecule has 1 aliphatic rings. The Labute approximate surface area is 130 Å². The first kappa shape index (κ1) is 15.9. The molecule has 0 unspecified atom stereocenters. The normalized spacial score (nSPS) is 19.1. The van der Waals surface area contributed by atoms with E-state index < -0.39 is 0 Å². The summed E-state index contributed by atoms with van der Waals surface area (Å²) in [4.78, 5) is 3.95. The van der Waals surface area contributed by atoms with Crippen molar-refractivity contribution in [2.45, 2.75) is 38.0 Å². The summed E-state index contributed by atoms with van der Waals surface area (Å²) in [7, 11) is 0. The van der Waals surface area contributed by atoms with Crippen molar-refractivity contribution in [1.29, 1.82) is 0 Å². The van der Waals surface area contributed by atoms with Gasteiger partial charge in [0, 0.05) is 45.8 Å². The molecule has 0 bridgehead atoms. The summed E-state index contributed by atoms with van der Waals surface area (Å²) in [6, 6.07) is 2.19. The fourth-order valence-corrected chi connectivity index (χ4v) is 4.19. The molecule has 0 atom stereocenters. The van der Waals surface area contributed by atoms with E-state index in [2.05, 4.69) is 53.8 Å². The molecule has 0 aliphatic carbocycles. The van der Waals surface area contributed by atoms with Crippen LogP contribution in [-0.2, 0) is 6.54 Å². The second kappa shape index (κ2) is 7.51. The van der Waals surface area contributed by atoms with Crippen molar-refractivity contribution in [3.05, 3.63) is 21.9 Å². The quantitative estimate of drug-likeness (QED) is 0.867. The molecule has 0 spiro atoms. The van der Waals surface area contributed by atoms with Gasteiger partial charge in [0.05, 0.1) is 6.61 Å². The number of hydrogen-bond acceptors (Lipinski definition) is 4. The molecule has 0 saturated carbocycles. The number of thiophene rings is 1. The molecule has 1 aromatic heterocycles. The van der Waals surface area contributed by atoms with Gasteiger partial charge in [-0.1, -0.05) is 25.7 Å². The first-order chi connectivity index (χ1) is 9.59. The third kappa shape index (κ3) is 5.14. The molecule has 0 amide bonds. The van der Waals surface area contributed by atoms with Crippen LogP contribution in [0.3, 0.4) is 0 Å². The standard InChI is InChI=1S/C16H23NOS2/c1-16(2)6-7-17(8-10-20-16)12-15-11-14(13-19-15)5-3-4-9-18/h11,13,18H,4,6-10,12H2,1-2H3. The minimum absolute atomic E-state index is 0.144. The fraction of sp³-hybridized carbons (Fsp3) is 0.625. The zero-order valence-corrected chi connectivity index (χ0v) is 13.9. The Morgan fingerprint density at radius 2 is 2.25 bits per heavy atom. The lowest BCUT2D eigenvalue weighted by atomic mass is 10.1. The summed E-state index contributed by atoms with van der Waals surface area (Å²) < 4.78 is 0.422. The molecule has 0 radical (unpaired) electrons. The molecular weight excluding hydrogens is 286 g/mol. The highest BCUT2D eigenvalue weighted by Gasteiger charge is 2.23. The van der Waals surface area contributed by atoms with Crippen molar-refractivity contribution in [2.75, 3.05) is 25.4 Å². The Morgan fingerprint density at radius 3 is 3.05 bits per heavy atom. The van der Waals surface area contributed by atoms with Crippen LogP contribution in [0.4, 0.5) is 0 Å². The highest BCUT2D eigenvalue weighted by atomic mass is 32.2. The molecule has 1 saturated heterocycles. The van der Waals surface area contributed by atoms with Gasteiger partial charge < -0.3 is 5.11 Å². The molecule has 1 N–H and O–H groups in total. The monoisotopic (exact) mass is 309 g/mol. The number of aliphatic hydroxyl groups excluding tert-OH is 1. The summed E-state index contributed by atoms with van der Waals surface area (Å²) >= 11 is 3.88. The fourth-order valence-electron chi connectivity index (χ4n) is 2.19. The van der Waals surface area contributed by atoms with Gasteiger partial charge in [-0.3, -0.25) is 4.90 Å². The van der Waals surface area contributed by atoms with Crippen molar-refractivity contribution >= 4 is 23.1 Å². The smallest absolute Gasteiger partial charge is 0.0540 e. The summed E-state index contributed by atoms with van der Waals surface area (Å²) in [5.41, 5.74) is 1.09. The van der Waals surface area contributed by atoms with E-state index in [1.807, 2.05) is 0 Å². The zero-order chi connectivity index (χ0) is 14.4. The maximum Gasteiger partial charge on any atom is 0.0540 e. The SMILES string of the molecule is CC1(C)CCN(Cc2cc(C#CCCO)cs2)CCS1. The van der Waals surface area contributed by atoms with E-state index in [1.54, 1.807) is 11.3 Å². The number of rotatable bonds is 3. The van der Waals surface area contributed by atoms with E-state index in [4.69, 9.17) is 5.11 Å². The predicted molar refractivity (Wildman–Crippen MR) is 89.3 cm³/mol. The first-order valence-corrected chi connectivity index (χ1v) is 8.99. The molecule has 2 nitrogen and oxygen atoms in total. The van der Waals surface area contributed by atoms with Crippen LogP contribution in [0.1, 0.15) is 37.1 Å². The molecule has 1 fully saturated rings. The highest BCUT2D eigenvalue weighted by molar-refractivity contribution is 8.00. The van der Waals surface area contributed by atoms with Crippen LogP contribution < -0.4 is 0 Å². The van der Waals surface area contributed by atoms with Gasteiger partial charge in [-0.2, -0.15) is 11.8 Å². The van der Waals surface area contributed by atoms with E-state index >= 15 is 0 Å². The third-order valence-electron chi connectivity index (χ3n) is 3.43. The van der Waals surface area contributed by atoms with Crippen molar-refractivity contribution < 1.29 is 5.11 Å². The van der Waals surface area contributed by atoms with Gasteiger partial charge in [0.25, 0.3) is 0 Å². The largest absolute Gasteiger partial charge is 0.395 e. The third-order valence-corrected chi connectivity index (χ3v) is 5.73. The van der Waals surface area contributed by atoms with E-state index in [0.29, 0.717) is 11.2 Å². The van der Waals surface area contributed by atoms with Crippen LogP contribution in [0.2, 0.25) is 0 Å². The lowest BCUT2D eigenvalue weighted by molar-refractivity contribution is 0.278. The van der Waals surface area contributed by atoms with Crippen LogP contribution in [0, 0.1) is 11.8 Å². The van der Waals surface area contributed by atoms with Crippen molar-refractivity contribution in [3.8, 4) is 11.8 Å². The Morgan fingerprint density at radius 1 is 1.40 bits per heavy atom. The minimum Gasteiger partial charge on any atom is -0.395 e. The molecule has 20 heavy (non-hydrogen) atoms. The Kier molecular flexibility index (Phi) is 5.98. The van der Waals surface area contributed by atoms with Crippen LogP contribution in [0.5, 0.6) is 0 Å². The lowest BCUT2D eigenvalue weighted by Gasteiger charge is -2.22. The zero-order valence-electron chi connectivity index (χ0n) is 12.3. The summed E-state index contributed by atoms with van der Waals surface area (Å²) in [6.45, 7) is 8.25. The average molecular weight is 310 g/mol. The number of nitrogens with zero attached hydrogens (tertiary/aromatic N) is 1. The Hall–Kier alpha value is -0.470. The van der Waals surface area contributed by atoms with Gasteiger partial charge >= 0.3 is 0 Å².